The van der Waals surface area contributed by atoms with Gasteiger partial charge in [-0.1, -0.05) is 25.8 Å². The molecule has 3 heterocycles. The number of fused-ring (bicyclic) bond motifs is 1. The SMILES string of the molecule is CC.COc1cc(SNC2CCOCC2)ccc1NCC#Cc1cc2c(NC3CCSCC3)cccc2n1CC(F)(F)F. The predicted octanol–water partition coefficient (Wildman–Crippen LogP) is 7.79. The lowest BCUT2D eigenvalue weighted by Gasteiger charge is -2.24. The second-order valence-corrected chi connectivity index (χ2v) is 12.3. The van der Waals surface area contributed by atoms with Crippen LogP contribution in [-0.2, 0) is 11.3 Å². The van der Waals surface area contributed by atoms with Crippen molar-refractivity contribution in [2.45, 2.75) is 69.2 Å². The molecule has 0 unspecified atom stereocenters. The zero-order valence-electron chi connectivity index (χ0n) is 25.0. The van der Waals surface area contributed by atoms with Crippen LogP contribution in [0.5, 0.6) is 5.75 Å². The number of anilines is 2. The highest BCUT2D eigenvalue weighted by molar-refractivity contribution is 7.99. The second-order valence-electron chi connectivity index (χ2n) is 10.1. The molecular formula is C32H41F3N4O2S2. The molecule has 2 fully saturated rings. The number of benzene rings is 2. The maximum atomic E-state index is 13.6. The number of methoxy groups -OCH3 is 1. The first kappa shape index (κ1) is 33.2. The zero-order chi connectivity index (χ0) is 30.7. The molecule has 1 aromatic heterocycles. The number of ether oxygens (including phenoxy) is 2. The van der Waals surface area contributed by atoms with Gasteiger partial charge >= 0.3 is 6.18 Å². The van der Waals surface area contributed by atoms with E-state index in [4.69, 9.17) is 9.47 Å². The van der Waals surface area contributed by atoms with Gasteiger partial charge in [0.05, 0.1) is 30.6 Å². The minimum Gasteiger partial charge on any atom is -0.495 e. The van der Waals surface area contributed by atoms with Crippen molar-refractivity contribution in [3.05, 3.63) is 48.2 Å². The first-order valence-corrected chi connectivity index (χ1v) is 16.8. The van der Waals surface area contributed by atoms with Crippen LogP contribution in [0.15, 0.2) is 47.4 Å². The molecule has 11 heteroatoms. The van der Waals surface area contributed by atoms with Gasteiger partial charge in [0.2, 0.25) is 0 Å². The molecule has 0 atom stereocenters. The lowest BCUT2D eigenvalue weighted by molar-refractivity contribution is -0.140. The lowest BCUT2D eigenvalue weighted by Crippen LogP contribution is -2.30. The fraction of sp³-hybridized carbons (Fsp3) is 0.500. The first-order valence-electron chi connectivity index (χ1n) is 14.8. The molecule has 2 aliphatic heterocycles. The summed E-state index contributed by atoms with van der Waals surface area (Å²) in [5.74, 6) is 8.85. The summed E-state index contributed by atoms with van der Waals surface area (Å²) in [5.41, 5.74) is 2.49. The van der Waals surface area contributed by atoms with Crippen molar-refractivity contribution < 1.29 is 22.6 Å². The molecular weight excluding hydrogens is 594 g/mol. The molecule has 5 rings (SSSR count). The standard InChI is InChI=1S/C30H35F3N4O2S2.C2H6/c1-38-29-19-24(41-36-22-9-14-39-15-10-22)7-8-27(29)34-13-3-4-23-18-25-26(35-21-11-16-40-17-12-21)5-2-6-28(25)37(23)20-30(31,32)33;1-2/h2,5-8,18-19,21-22,34-36H,9-17,20H2,1H3;1-2H3. The van der Waals surface area contributed by atoms with Crippen LogP contribution >= 0.6 is 23.7 Å². The van der Waals surface area contributed by atoms with Gasteiger partial charge in [0.1, 0.15) is 12.3 Å². The number of nitrogens with zero attached hydrogens (tertiary/aromatic N) is 1. The Kier molecular flexibility index (Phi) is 12.7. The Labute approximate surface area is 261 Å². The van der Waals surface area contributed by atoms with E-state index in [9.17, 15) is 13.2 Å². The molecule has 0 radical (unpaired) electrons. The average Bonchev–Trinajstić information content (AvgIpc) is 3.37. The van der Waals surface area contributed by atoms with Crippen molar-refractivity contribution in [2.24, 2.45) is 0 Å². The van der Waals surface area contributed by atoms with Crippen molar-refractivity contribution in [3.63, 3.8) is 0 Å². The number of hydrogen-bond acceptors (Lipinski definition) is 7. The Morgan fingerprint density at radius 1 is 1.02 bits per heavy atom. The van der Waals surface area contributed by atoms with Gasteiger partial charge in [-0.3, -0.25) is 4.72 Å². The Hall–Kier alpha value is -2.65. The van der Waals surface area contributed by atoms with E-state index in [2.05, 4.69) is 27.2 Å². The third-order valence-electron chi connectivity index (χ3n) is 7.19. The van der Waals surface area contributed by atoms with Crippen LogP contribution in [0.4, 0.5) is 24.5 Å². The quantitative estimate of drug-likeness (QED) is 0.164. The van der Waals surface area contributed by atoms with Crippen molar-refractivity contribution in [1.82, 2.24) is 9.29 Å². The third kappa shape index (κ3) is 9.67. The molecule has 6 nitrogen and oxygen atoms in total. The highest BCUT2D eigenvalue weighted by atomic mass is 32.2. The Morgan fingerprint density at radius 2 is 1.79 bits per heavy atom. The molecule has 0 amide bonds. The van der Waals surface area contributed by atoms with Gasteiger partial charge in [0, 0.05) is 41.3 Å². The van der Waals surface area contributed by atoms with Crippen molar-refractivity contribution in [3.8, 4) is 17.6 Å². The Morgan fingerprint density at radius 3 is 2.51 bits per heavy atom. The smallest absolute Gasteiger partial charge is 0.406 e. The lowest BCUT2D eigenvalue weighted by atomic mass is 10.1. The molecule has 0 spiro atoms. The van der Waals surface area contributed by atoms with Crippen LogP contribution in [0.1, 0.15) is 45.2 Å². The summed E-state index contributed by atoms with van der Waals surface area (Å²) in [6.45, 7) is 4.72. The fourth-order valence-electron chi connectivity index (χ4n) is 5.05. The van der Waals surface area contributed by atoms with Crippen molar-refractivity contribution in [2.75, 3.05) is 49.0 Å². The van der Waals surface area contributed by atoms with Crippen LogP contribution in [0.2, 0.25) is 0 Å². The van der Waals surface area contributed by atoms with E-state index < -0.39 is 12.7 Å². The van der Waals surface area contributed by atoms with Crippen molar-refractivity contribution in [1.29, 1.82) is 0 Å². The van der Waals surface area contributed by atoms with Gasteiger partial charge in [-0.15, -0.1) is 0 Å². The van der Waals surface area contributed by atoms with E-state index in [0.29, 0.717) is 29.0 Å². The van der Waals surface area contributed by atoms with Crippen LogP contribution in [0, 0.1) is 11.8 Å². The Bertz CT molecular complexity index is 1370. The van der Waals surface area contributed by atoms with Crippen molar-refractivity contribution >= 4 is 46.0 Å². The van der Waals surface area contributed by atoms with Crippen LogP contribution in [-0.4, -0.2) is 61.2 Å². The fourth-order valence-corrected chi connectivity index (χ4v) is 6.99. The van der Waals surface area contributed by atoms with Gasteiger partial charge in [0.25, 0.3) is 0 Å². The Balaban J connectivity index is 0.00000207. The molecule has 3 aromatic rings. The number of aromatic nitrogens is 1. The molecule has 2 aliphatic rings. The molecule has 234 valence electrons. The molecule has 2 saturated heterocycles. The van der Waals surface area contributed by atoms with Gasteiger partial charge in [-0.2, -0.15) is 24.9 Å². The van der Waals surface area contributed by atoms with E-state index >= 15 is 0 Å². The van der Waals surface area contributed by atoms with Crippen LogP contribution in [0.3, 0.4) is 0 Å². The van der Waals surface area contributed by atoms with Gasteiger partial charge in [-0.05, 0) is 91.5 Å². The monoisotopic (exact) mass is 634 g/mol. The molecule has 3 N–H and O–H groups in total. The third-order valence-corrected chi connectivity index (χ3v) is 9.18. The average molecular weight is 635 g/mol. The summed E-state index contributed by atoms with van der Waals surface area (Å²) in [5, 5.41) is 7.57. The van der Waals surface area contributed by atoms with Gasteiger partial charge in [-0.25, -0.2) is 0 Å². The largest absolute Gasteiger partial charge is 0.495 e. The highest BCUT2D eigenvalue weighted by Gasteiger charge is 2.30. The number of rotatable bonds is 9. The summed E-state index contributed by atoms with van der Waals surface area (Å²) < 4.78 is 56.4. The van der Waals surface area contributed by atoms with Crippen LogP contribution < -0.4 is 20.1 Å². The minimum atomic E-state index is -4.36. The van der Waals surface area contributed by atoms with E-state index in [-0.39, 0.29) is 6.54 Å². The number of thioether (sulfide) groups is 1. The molecule has 0 bridgehead atoms. The van der Waals surface area contributed by atoms with Crippen LogP contribution in [0.25, 0.3) is 10.9 Å². The summed E-state index contributed by atoms with van der Waals surface area (Å²) >= 11 is 3.51. The number of hydrogen-bond donors (Lipinski definition) is 3. The molecule has 0 saturated carbocycles. The topological polar surface area (TPSA) is 59.5 Å². The number of alkyl halides is 3. The van der Waals surface area contributed by atoms with E-state index in [1.807, 2.05) is 49.9 Å². The summed E-state index contributed by atoms with van der Waals surface area (Å²) in [6, 6.07) is 13.9. The zero-order valence-corrected chi connectivity index (χ0v) is 26.6. The second kappa shape index (κ2) is 16.4. The first-order chi connectivity index (χ1) is 20.9. The maximum absolute atomic E-state index is 13.6. The predicted molar refractivity (Wildman–Crippen MR) is 175 cm³/mol. The number of halogens is 3. The molecule has 43 heavy (non-hydrogen) atoms. The normalized spacial score (nSPS) is 16.1. The molecule has 2 aromatic carbocycles. The van der Waals surface area contributed by atoms with E-state index in [0.717, 1.165) is 72.1 Å². The number of nitrogens with one attached hydrogen (secondary N) is 3. The highest BCUT2D eigenvalue weighted by Crippen LogP contribution is 2.32. The van der Waals surface area contributed by atoms with E-state index in [1.165, 1.54) is 4.57 Å². The van der Waals surface area contributed by atoms with E-state index in [1.54, 1.807) is 37.3 Å². The maximum Gasteiger partial charge on any atom is 0.406 e. The van der Waals surface area contributed by atoms with Gasteiger partial charge in [0.15, 0.2) is 0 Å². The molecule has 0 aliphatic carbocycles. The summed E-state index contributed by atoms with van der Waals surface area (Å²) in [4.78, 5) is 1.03. The summed E-state index contributed by atoms with van der Waals surface area (Å²) in [6.07, 6.45) is -0.308. The summed E-state index contributed by atoms with van der Waals surface area (Å²) in [7, 11) is 1.61. The minimum absolute atomic E-state index is 0.252. The van der Waals surface area contributed by atoms with Gasteiger partial charge < -0.3 is 24.7 Å².